The van der Waals surface area contributed by atoms with Crippen molar-refractivity contribution in [3.63, 3.8) is 0 Å². The van der Waals surface area contributed by atoms with Crippen molar-refractivity contribution in [2.75, 3.05) is 20.6 Å². The van der Waals surface area contributed by atoms with E-state index in [9.17, 15) is 0 Å². The zero-order valence-corrected chi connectivity index (χ0v) is 10.5. The van der Waals surface area contributed by atoms with Crippen molar-refractivity contribution in [1.29, 1.82) is 0 Å². The molecule has 0 fully saturated rings. The summed E-state index contributed by atoms with van der Waals surface area (Å²) >= 11 is 1.71. The molecule has 0 aromatic carbocycles. The minimum atomic E-state index is 0.318. The summed E-state index contributed by atoms with van der Waals surface area (Å²) in [7, 11) is 4.14. The Kier molecular flexibility index (Phi) is 5.17. The first-order valence-corrected chi connectivity index (χ1v) is 6.01. The van der Waals surface area contributed by atoms with Crippen molar-refractivity contribution in [3.05, 3.63) is 16.1 Å². The van der Waals surface area contributed by atoms with Crippen LogP contribution in [0.1, 0.15) is 17.1 Å². The highest BCUT2D eigenvalue weighted by Gasteiger charge is 2.10. The van der Waals surface area contributed by atoms with Gasteiger partial charge in [0.1, 0.15) is 0 Å². The monoisotopic (exact) mass is 228 g/mol. The van der Waals surface area contributed by atoms with E-state index in [0.29, 0.717) is 6.04 Å². The van der Waals surface area contributed by atoms with Gasteiger partial charge in [-0.1, -0.05) is 0 Å². The van der Waals surface area contributed by atoms with Crippen LogP contribution in [0, 0.1) is 6.92 Å². The van der Waals surface area contributed by atoms with Crippen LogP contribution in [0.4, 0.5) is 0 Å². The minimum absolute atomic E-state index is 0.318. The summed E-state index contributed by atoms with van der Waals surface area (Å²) < 4.78 is 0. The Hall–Kier alpha value is -0.490. The summed E-state index contributed by atoms with van der Waals surface area (Å²) in [5.41, 5.74) is 3.95. The fourth-order valence-corrected chi connectivity index (χ4v) is 2.22. The Morgan fingerprint density at radius 3 is 2.80 bits per heavy atom. The summed E-state index contributed by atoms with van der Waals surface area (Å²) in [5.74, 6) is 5.52. The molecule has 1 atom stereocenters. The average Bonchev–Trinajstić information content (AvgIpc) is 2.58. The van der Waals surface area contributed by atoms with Gasteiger partial charge in [0.05, 0.1) is 5.01 Å². The normalized spacial score (nSPS) is 13.4. The smallest absolute Gasteiger partial charge is 0.0944 e. The Morgan fingerprint density at radius 2 is 2.33 bits per heavy atom. The minimum Gasteiger partial charge on any atom is -0.309 e. The number of hydrogen-bond donors (Lipinski definition) is 2. The van der Waals surface area contributed by atoms with Gasteiger partial charge in [-0.2, -0.15) is 0 Å². The maximum Gasteiger partial charge on any atom is 0.0944 e. The number of nitrogens with one attached hydrogen (secondary N) is 1. The van der Waals surface area contributed by atoms with Crippen LogP contribution >= 0.6 is 11.3 Å². The SMILES string of the molecule is Cc1csc(CC(CCN(C)C)NN)n1. The lowest BCUT2D eigenvalue weighted by molar-refractivity contribution is 0.358. The van der Waals surface area contributed by atoms with Gasteiger partial charge >= 0.3 is 0 Å². The Labute approximate surface area is 95.5 Å². The molecule has 1 aromatic rings. The molecular weight excluding hydrogens is 208 g/mol. The summed E-state index contributed by atoms with van der Waals surface area (Å²) in [4.78, 5) is 6.60. The van der Waals surface area contributed by atoms with Gasteiger partial charge in [-0.25, -0.2) is 4.98 Å². The summed E-state index contributed by atoms with van der Waals surface area (Å²) in [5, 5.41) is 3.24. The molecule has 0 aliphatic rings. The van der Waals surface area contributed by atoms with Gasteiger partial charge in [-0.15, -0.1) is 11.3 Å². The second-order valence-corrected chi connectivity index (χ2v) is 4.98. The Balaban J connectivity index is 2.39. The second kappa shape index (κ2) is 6.17. The van der Waals surface area contributed by atoms with E-state index in [1.807, 2.05) is 6.92 Å². The third-order valence-electron chi connectivity index (χ3n) is 2.25. The van der Waals surface area contributed by atoms with Gasteiger partial charge in [0.15, 0.2) is 0 Å². The van der Waals surface area contributed by atoms with Crippen LogP contribution in [0.5, 0.6) is 0 Å². The van der Waals surface area contributed by atoms with Gasteiger partial charge in [0.25, 0.3) is 0 Å². The lowest BCUT2D eigenvalue weighted by Gasteiger charge is -2.17. The predicted octanol–water partition coefficient (Wildman–Crippen LogP) is 0.778. The molecule has 5 heteroatoms. The molecule has 0 aliphatic heterocycles. The lowest BCUT2D eigenvalue weighted by atomic mass is 10.1. The topological polar surface area (TPSA) is 54.2 Å². The first-order valence-electron chi connectivity index (χ1n) is 5.13. The highest BCUT2D eigenvalue weighted by molar-refractivity contribution is 7.09. The number of nitrogens with zero attached hydrogens (tertiary/aromatic N) is 2. The number of hydrazine groups is 1. The molecule has 0 radical (unpaired) electrons. The third kappa shape index (κ3) is 4.70. The second-order valence-electron chi connectivity index (χ2n) is 4.04. The molecular formula is C10H20N4S. The largest absolute Gasteiger partial charge is 0.309 e. The van der Waals surface area contributed by atoms with Crippen molar-refractivity contribution in [3.8, 4) is 0 Å². The molecule has 86 valence electrons. The van der Waals surface area contributed by atoms with Crippen LogP contribution < -0.4 is 11.3 Å². The van der Waals surface area contributed by atoms with E-state index in [1.54, 1.807) is 11.3 Å². The number of aromatic nitrogens is 1. The summed E-state index contributed by atoms with van der Waals surface area (Å²) in [6.45, 7) is 3.06. The number of nitrogens with two attached hydrogens (primary N) is 1. The molecule has 0 aliphatic carbocycles. The molecule has 0 amide bonds. The van der Waals surface area contributed by atoms with Gasteiger partial charge in [0, 0.05) is 23.5 Å². The molecule has 0 saturated carbocycles. The highest BCUT2D eigenvalue weighted by atomic mass is 32.1. The van der Waals surface area contributed by atoms with Crippen molar-refractivity contribution in [2.45, 2.75) is 25.8 Å². The molecule has 3 N–H and O–H groups in total. The van der Waals surface area contributed by atoms with Crippen LogP contribution in [0.15, 0.2) is 5.38 Å². The van der Waals surface area contributed by atoms with Crippen LogP contribution in [-0.2, 0) is 6.42 Å². The van der Waals surface area contributed by atoms with Crippen LogP contribution in [-0.4, -0.2) is 36.6 Å². The van der Waals surface area contributed by atoms with Crippen LogP contribution in [0.2, 0.25) is 0 Å². The first kappa shape index (κ1) is 12.6. The van der Waals surface area contributed by atoms with Crippen molar-refractivity contribution in [2.24, 2.45) is 5.84 Å². The molecule has 15 heavy (non-hydrogen) atoms. The van der Waals surface area contributed by atoms with Crippen molar-refractivity contribution in [1.82, 2.24) is 15.3 Å². The van der Waals surface area contributed by atoms with Gasteiger partial charge in [-0.3, -0.25) is 11.3 Å². The summed E-state index contributed by atoms with van der Waals surface area (Å²) in [6.07, 6.45) is 1.96. The zero-order valence-electron chi connectivity index (χ0n) is 9.66. The van der Waals surface area contributed by atoms with E-state index in [-0.39, 0.29) is 0 Å². The fraction of sp³-hybridized carbons (Fsp3) is 0.700. The van der Waals surface area contributed by atoms with Gasteiger partial charge < -0.3 is 4.90 Å². The number of aryl methyl sites for hydroxylation is 1. The molecule has 1 unspecified atom stereocenters. The van der Waals surface area contributed by atoms with Gasteiger partial charge in [-0.05, 0) is 34.0 Å². The standard InChI is InChI=1S/C10H20N4S/c1-8-7-15-10(12-8)6-9(13-11)4-5-14(2)3/h7,9,13H,4-6,11H2,1-3H3. The lowest BCUT2D eigenvalue weighted by Crippen LogP contribution is -2.38. The number of hydrogen-bond acceptors (Lipinski definition) is 5. The highest BCUT2D eigenvalue weighted by Crippen LogP contribution is 2.12. The number of thiazole rings is 1. The number of rotatable bonds is 6. The van der Waals surface area contributed by atoms with Gasteiger partial charge in [0.2, 0.25) is 0 Å². The van der Waals surface area contributed by atoms with E-state index in [2.05, 4.69) is 34.8 Å². The van der Waals surface area contributed by atoms with Crippen LogP contribution in [0.3, 0.4) is 0 Å². The van der Waals surface area contributed by atoms with E-state index in [1.165, 1.54) is 0 Å². The molecule has 4 nitrogen and oxygen atoms in total. The zero-order chi connectivity index (χ0) is 11.3. The Morgan fingerprint density at radius 1 is 1.60 bits per heavy atom. The van der Waals surface area contributed by atoms with Crippen LogP contribution in [0.25, 0.3) is 0 Å². The molecule has 0 saturated heterocycles. The van der Waals surface area contributed by atoms with E-state index in [4.69, 9.17) is 5.84 Å². The van der Waals surface area contributed by atoms with E-state index >= 15 is 0 Å². The van der Waals surface area contributed by atoms with Crippen molar-refractivity contribution >= 4 is 11.3 Å². The maximum absolute atomic E-state index is 5.52. The van der Waals surface area contributed by atoms with E-state index in [0.717, 1.165) is 30.1 Å². The molecule has 1 aromatic heterocycles. The fourth-order valence-electron chi connectivity index (χ4n) is 1.37. The molecule has 0 spiro atoms. The van der Waals surface area contributed by atoms with Crippen molar-refractivity contribution < 1.29 is 0 Å². The maximum atomic E-state index is 5.52. The summed E-state index contributed by atoms with van der Waals surface area (Å²) in [6, 6.07) is 0.318. The first-order chi connectivity index (χ1) is 7.11. The Bertz CT molecular complexity index is 285. The van der Waals surface area contributed by atoms with E-state index < -0.39 is 0 Å². The predicted molar refractivity (Wildman–Crippen MR) is 64.8 cm³/mol. The molecule has 1 heterocycles. The quantitative estimate of drug-likeness (QED) is 0.558. The molecule has 0 bridgehead atoms. The molecule has 1 rings (SSSR count). The average molecular weight is 228 g/mol. The third-order valence-corrected chi connectivity index (χ3v) is 3.24.